The van der Waals surface area contributed by atoms with Crippen LogP contribution in [0.1, 0.15) is 34.3 Å². The first kappa shape index (κ1) is 30.7. The van der Waals surface area contributed by atoms with E-state index >= 15 is 0 Å². The predicted molar refractivity (Wildman–Crippen MR) is 162 cm³/mol. The van der Waals surface area contributed by atoms with Crippen LogP contribution in [-0.2, 0) is 20.8 Å². The maximum absolute atomic E-state index is 6.24. The molecule has 214 valence electrons. The highest BCUT2D eigenvalue weighted by atomic mass is 16.5. The molecule has 3 aromatic rings. The molecule has 3 aromatic carbocycles. The Morgan fingerprint density at radius 3 is 2.41 bits per heavy atom. The minimum Gasteiger partial charge on any atom is -0.492 e. The molecule has 2 fully saturated rings. The number of hydrogen-bond donors (Lipinski definition) is 1. The molecule has 0 aromatic heterocycles. The molecule has 2 atom stereocenters. The number of fused-ring (bicyclic) bond motifs is 1. The minimum absolute atomic E-state index is 0. The fourth-order valence-electron chi connectivity index (χ4n) is 5.27. The van der Waals surface area contributed by atoms with Crippen LogP contribution in [0.25, 0.3) is 10.8 Å². The standard InChI is InChI=1S/C30H39N3O4.2CH4/c1-23-19-32(20-24(2)37-23)12-17-36-30-11-10-29(27-8-3-4-9-28(27)30)31-22-35-21-25-6-5-7-26(18-25)33-13-15-34-16-14-33;;/h3-11,18,23-24,31H,12-17,19-22H2,1-2H3;2*1H4/t23-,24+;;. The molecule has 2 saturated heterocycles. The third-order valence-corrected chi connectivity index (χ3v) is 6.96. The molecule has 0 spiro atoms. The zero-order valence-corrected chi connectivity index (χ0v) is 22.0. The summed E-state index contributed by atoms with van der Waals surface area (Å²) in [5.74, 6) is 0.913. The van der Waals surface area contributed by atoms with Gasteiger partial charge < -0.3 is 29.2 Å². The molecule has 0 unspecified atom stereocenters. The van der Waals surface area contributed by atoms with E-state index < -0.39 is 0 Å². The van der Waals surface area contributed by atoms with Crippen LogP contribution in [0.2, 0.25) is 0 Å². The fraction of sp³-hybridized carbons (Fsp3) is 0.500. The molecule has 39 heavy (non-hydrogen) atoms. The van der Waals surface area contributed by atoms with E-state index in [4.69, 9.17) is 18.9 Å². The third-order valence-electron chi connectivity index (χ3n) is 6.96. The second kappa shape index (κ2) is 15.1. The van der Waals surface area contributed by atoms with Crippen LogP contribution < -0.4 is 15.0 Å². The van der Waals surface area contributed by atoms with Crippen molar-refractivity contribution in [3.8, 4) is 5.75 Å². The summed E-state index contributed by atoms with van der Waals surface area (Å²) < 4.78 is 23.5. The van der Waals surface area contributed by atoms with Gasteiger partial charge in [0.15, 0.2) is 0 Å². The van der Waals surface area contributed by atoms with E-state index in [2.05, 4.69) is 89.6 Å². The summed E-state index contributed by atoms with van der Waals surface area (Å²) in [6, 6.07) is 21.1. The predicted octanol–water partition coefficient (Wildman–Crippen LogP) is 6.02. The van der Waals surface area contributed by atoms with Crippen molar-refractivity contribution in [2.75, 3.05) is 69.5 Å². The molecular weight excluding hydrogens is 490 g/mol. The number of hydrogen-bond acceptors (Lipinski definition) is 7. The van der Waals surface area contributed by atoms with Crippen molar-refractivity contribution in [1.82, 2.24) is 4.90 Å². The number of benzene rings is 3. The van der Waals surface area contributed by atoms with Crippen molar-refractivity contribution in [2.45, 2.75) is 47.5 Å². The zero-order valence-electron chi connectivity index (χ0n) is 22.0. The number of morpholine rings is 2. The Kier molecular flexibility index (Phi) is 11.9. The Bertz CT molecular complexity index is 1140. The van der Waals surface area contributed by atoms with Crippen LogP contribution in [0.5, 0.6) is 5.75 Å². The number of anilines is 2. The quantitative estimate of drug-likeness (QED) is 0.251. The second-order valence-electron chi connectivity index (χ2n) is 9.96. The van der Waals surface area contributed by atoms with Crippen molar-refractivity contribution < 1.29 is 18.9 Å². The van der Waals surface area contributed by atoms with Gasteiger partial charge in [-0.15, -0.1) is 0 Å². The molecule has 7 heteroatoms. The maximum Gasteiger partial charge on any atom is 0.127 e. The Morgan fingerprint density at radius 1 is 0.897 bits per heavy atom. The van der Waals surface area contributed by atoms with E-state index in [-0.39, 0.29) is 27.1 Å². The van der Waals surface area contributed by atoms with E-state index in [0.29, 0.717) is 19.9 Å². The molecule has 7 nitrogen and oxygen atoms in total. The lowest BCUT2D eigenvalue weighted by molar-refractivity contribution is -0.0699. The van der Waals surface area contributed by atoms with Crippen LogP contribution in [-0.4, -0.2) is 76.4 Å². The first-order valence-electron chi connectivity index (χ1n) is 13.4. The van der Waals surface area contributed by atoms with Gasteiger partial charge >= 0.3 is 0 Å². The molecule has 0 aliphatic carbocycles. The summed E-state index contributed by atoms with van der Waals surface area (Å²) in [4.78, 5) is 4.79. The lowest BCUT2D eigenvalue weighted by Crippen LogP contribution is -2.46. The summed E-state index contributed by atoms with van der Waals surface area (Å²) in [6.07, 6.45) is 0.539. The van der Waals surface area contributed by atoms with Crippen LogP contribution >= 0.6 is 0 Å². The molecule has 5 rings (SSSR count). The van der Waals surface area contributed by atoms with Gasteiger partial charge in [0.25, 0.3) is 0 Å². The molecule has 0 saturated carbocycles. The lowest BCUT2D eigenvalue weighted by atomic mass is 10.1. The molecule has 2 heterocycles. The molecule has 0 bridgehead atoms. The molecule has 0 amide bonds. The number of nitrogens with one attached hydrogen (secondary N) is 1. The Labute approximate surface area is 235 Å². The number of nitrogens with zero attached hydrogens (tertiary/aromatic N) is 2. The molecule has 1 N–H and O–H groups in total. The van der Waals surface area contributed by atoms with Gasteiger partial charge in [0.05, 0.1) is 32.0 Å². The van der Waals surface area contributed by atoms with Gasteiger partial charge in [-0.25, -0.2) is 0 Å². The summed E-state index contributed by atoms with van der Waals surface area (Å²) in [6.45, 7) is 12.2. The van der Waals surface area contributed by atoms with Crippen molar-refractivity contribution in [3.63, 3.8) is 0 Å². The number of ether oxygens (including phenoxy) is 4. The van der Waals surface area contributed by atoms with Crippen molar-refractivity contribution in [3.05, 3.63) is 66.2 Å². The second-order valence-corrected chi connectivity index (χ2v) is 9.96. The van der Waals surface area contributed by atoms with Crippen LogP contribution in [0, 0.1) is 0 Å². The smallest absolute Gasteiger partial charge is 0.127 e. The van der Waals surface area contributed by atoms with E-state index in [9.17, 15) is 0 Å². The molecular formula is C32H47N3O4. The van der Waals surface area contributed by atoms with Crippen molar-refractivity contribution >= 4 is 22.1 Å². The van der Waals surface area contributed by atoms with Gasteiger partial charge in [0, 0.05) is 54.9 Å². The van der Waals surface area contributed by atoms with Gasteiger partial charge in [-0.05, 0) is 43.7 Å². The number of rotatable bonds is 10. The summed E-state index contributed by atoms with van der Waals surface area (Å²) >= 11 is 0. The SMILES string of the molecule is C.C.C[C@@H]1CN(CCOc2ccc(NCOCc3cccc(N4CCOCC4)c3)c3ccccc23)C[C@H](C)O1. The summed E-state index contributed by atoms with van der Waals surface area (Å²) in [5, 5.41) is 5.69. The van der Waals surface area contributed by atoms with Crippen molar-refractivity contribution in [1.29, 1.82) is 0 Å². The highest BCUT2D eigenvalue weighted by molar-refractivity contribution is 5.97. The third kappa shape index (κ3) is 8.32. The van der Waals surface area contributed by atoms with Crippen LogP contribution in [0.4, 0.5) is 11.4 Å². The average Bonchev–Trinajstić information content (AvgIpc) is 2.92. The van der Waals surface area contributed by atoms with Gasteiger partial charge in [-0.2, -0.15) is 0 Å². The van der Waals surface area contributed by atoms with Crippen molar-refractivity contribution in [2.24, 2.45) is 0 Å². The highest BCUT2D eigenvalue weighted by Gasteiger charge is 2.21. The monoisotopic (exact) mass is 537 g/mol. The first-order chi connectivity index (χ1) is 18.2. The van der Waals surface area contributed by atoms with Gasteiger partial charge in [-0.3, -0.25) is 4.90 Å². The van der Waals surface area contributed by atoms with Gasteiger partial charge in [-0.1, -0.05) is 51.3 Å². The summed E-state index contributed by atoms with van der Waals surface area (Å²) in [7, 11) is 0. The highest BCUT2D eigenvalue weighted by Crippen LogP contribution is 2.31. The average molecular weight is 538 g/mol. The van der Waals surface area contributed by atoms with Gasteiger partial charge in [0.2, 0.25) is 0 Å². The fourth-order valence-corrected chi connectivity index (χ4v) is 5.27. The van der Waals surface area contributed by atoms with Crippen LogP contribution in [0.15, 0.2) is 60.7 Å². The molecule has 2 aliphatic rings. The lowest BCUT2D eigenvalue weighted by Gasteiger charge is -2.35. The van der Waals surface area contributed by atoms with E-state index in [1.165, 1.54) is 11.3 Å². The molecule has 0 radical (unpaired) electrons. The van der Waals surface area contributed by atoms with E-state index in [1.54, 1.807) is 0 Å². The van der Waals surface area contributed by atoms with Crippen LogP contribution in [0.3, 0.4) is 0 Å². The topological polar surface area (TPSA) is 55.4 Å². The molecule has 2 aliphatic heterocycles. The van der Waals surface area contributed by atoms with E-state index in [0.717, 1.165) is 68.1 Å². The Morgan fingerprint density at radius 2 is 1.64 bits per heavy atom. The summed E-state index contributed by atoms with van der Waals surface area (Å²) in [5.41, 5.74) is 3.45. The zero-order chi connectivity index (χ0) is 25.5. The normalized spacial score (nSPS) is 19.7. The van der Waals surface area contributed by atoms with E-state index in [1.807, 2.05) is 0 Å². The van der Waals surface area contributed by atoms with Gasteiger partial charge in [0.1, 0.15) is 19.1 Å². The Balaban J connectivity index is 0.00000210. The Hall–Kier alpha value is -2.84. The largest absolute Gasteiger partial charge is 0.492 e. The maximum atomic E-state index is 6.24. The minimum atomic E-state index is 0. The first-order valence-corrected chi connectivity index (χ1v) is 13.4.